The highest BCUT2D eigenvalue weighted by Crippen LogP contribution is 2.27. The van der Waals surface area contributed by atoms with Crippen LogP contribution in [0.2, 0.25) is 10.0 Å². The Morgan fingerprint density at radius 3 is 2.70 bits per heavy atom. The summed E-state index contributed by atoms with van der Waals surface area (Å²) in [6.45, 7) is -0.262. The van der Waals surface area contributed by atoms with E-state index in [0.29, 0.717) is 10.0 Å². The molecule has 110 valence electrons. The maximum absolute atomic E-state index is 11.4. The quantitative estimate of drug-likeness (QED) is 0.704. The van der Waals surface area contributed by atoms with E-state index in [9.17, 15) is 9.59 Å². The molecule has 0 aliphatic carbocycles. The molecule has 1 unspecified atom stereocenters. The van der Waals surface area contributed by atoms with Crippen LogP contribution in [0.15, 0.2) is 18.2 Å². The van der Waals surface area contributed by atoms with E-state index in [2.05, 4.69) is 5.32 Å². The van der Waals surface area contributed by atoms with Gasteiger partial charge in [0.1, 0.15) is 5.75 Å². The van der Waals surface area contributed by atoms with Gasteiger partial charge in [0, 0.05) is 24.1 Å². The fraction of sp³-hybridized carbons (Fsp3) is 0.333. The number of benzene rings is 1. The molecule has 8 heteroatoms. The number of rotatable bonds is 7. The van der Waals surface area contributed by atoms with Crippen molar-refractivity contribution in [3.63, 3.8) is 0 Å². The van der Waals surface area contributed by atoms with E-state index < -0.39 is 18.0 Å². The molecule has 1 amide bonds. The first-order valence-corrected chi connectivity index (χ1v) is 6.41. The maximum Gasteiger partial charge on any atom is 0.332 e. The molecule has 0 saturated heterocycles. The van der Waals surface area contributed by atoms with Crippen LogP contribution < -0.4 is 10.1 Å². The lowest BCUT2D eigenvalue weighted by atomic mass is 10.2. The highest BCUT2D eigenvalue weighted by molar-refractivity contribution is 6.34. The number of halogens is 2. The van der Waals surface area contributed by atoms with E-state index in [1.165, 1.54) is 6.07 Å². The molecule has 0 aliphatic rings. The van der Waals surface area contributed by atoms with Crippen LogP contribution in [0.1, 0.15) is 6.42 Å². The van der Waals surface area contributed by atoms with Gasteiger partial charge in [-0.1, -0.05) is 23.2 Å². The zero-order chi connectivity index (χ0) is 15.1. The number of nitrogens with one attached hydrogen (secondary N) is 1. The van der Waals surface area contributed by atoms with Crippen LogP contribution in [0, 0.1) is 0 Å². The van der Waals surface area contributed by atoms with Crippen molar-refractivity contribution in [2.24, 2.45) is 0 Å². The van der Waals surface area contributed by atoms with Crippen molar-refractivity contribution >= 4 is 35.1 Å². The Kier molecular flexibility index (Phi) is 6.57. The molecular weight excluding hydrogens is 309 g/mol. The second-order valence-corrected chi connectivity index (χ2v) is 4.70. The first kappa shape index (κ1) is 16.6. The van der Waals surface area contributed by atoms with Crippen LogP contribution in [-0.4, -0.2) is 41.3 Å². The van der Waals surface area contributed by atoms with E-state index in [1.807, 2.05) is 0 Å². The van der Waals surface area contributed by atoms with E-state index in [4.69, 9.17) is 38.2 Å². The van der Waals surface area contributed by atoms with Crippen LogP contribution in [0.4, 0.5) is 0 Å². The van der Waals surface area contributed by atoms with Crippen LogP contribution in [0.3, 0.4) is 0 Å². The molecule has 1 atom stereocenters. The van der Waals surface area contributed by atoms with Gasteiger partial charge >= 0.3 is 5.97 Å². The summed E-state index contributed by atoms with van der Waals surface area (Å²) in [6.07, 6.45) is -1.59. The summed E-state index contributed by atoms with van der Waals surface area (Å²) in [5.74, 6) is -1.51. The number of carboxylic acid groups (broad SMARTS) is 1. The number of aliphatic hydroxyl groups excluding tert-OH is 1. The second kappa shape index (κ2) is 7.94. The highest BCUT2D eigenvalue weighted by atomic mass is 35.5. The minimum Gasteiger partial charge on any atom is -0.482 e. The van der Waals surface area contributed by atoms with E-state index >= 15 is 0 Å². The summed E-state index contributed by atoms with van der Waals surface area (Å²) < 4.78 is 5.18. The third-order valence-electron chi connectivity index (χ3n) is 2.28. The topological polar surface area (TPSA) is 95.9 Å². The minimum atomic E-state index is -1.50. The molecule has 1 aromatic rings. The van der Waals surface area contributed by atoms with Crippen molar-refractivity contribution in [2.75, 3.05) is 13.2 Å². The van der Waals surface area contributed by atoms with Crippen molar-refractivity contribution in [1.82, 2.24) is 5.32 Å². The molecule has 0 saturated carbocycles. The number of carbonyl (C=O) groups is 2. The lowest BCUT2D eigenvalue weighted by Gasteiger charge is -2.10. The Hall–Kier alpha value is -1.50. The van der Waals surface area contributed by atoms with Crippen molar-refractivity contribution in [2.45, 2.75) is 12.5 Å². The van der Waals surface area contributed by atoms with Gasteiger partial charge in [-0.25, -0.2) is 4.79 Å². The van der Waals surface area contributed by atoms with Gasteiger partial charge in [0.15, 0.2) is 12.7 Å². The third-order valence-corrected chi connectivity index (χ3v) is 2.82. The molecule has 1 aromatic carbocycles. The molecule has 6 nitrogen and oxygen atoms in total. The molecule has 0 spiro atoms. The van der Waals surface area contributed by atoms with Gasteiger partial charge in [-0.2, -0.15) is 0 Å². The summed E-state index contributed by atoms with van der Waals surface area (Å²) >= 11 is 11.6. The Balaban J connectivity index is 2.33. The molecule has 0 fully saturated rings. The molecule has 0 aromatic heterocycles. The van der Waals surface area contributed by atoms with Crippen LogP contribution in [-0.2, 0) is 9.59 Å². The molecular formula is C12H13Cl2NO5. The van der Waals surface area contributed by atoms with Crippen LogP contribution in [0.25, 0.3) is 0 Å². The monoisotopic (exact) mass is 321 g/mol. The summed E-state index contributed by atoms with van der Waals surface area (Å²) in [4.78, 5) is 21.8. The molecule has 20 heavy (non-hydrogen) atoms. The summed E-state index contributed by atoms with van der Waals surface area (Å²) in [5.41, 5.74) is 0. The lowest BCUT2D eigenvalue weighted by molar-refractivity contribution is -0.147. The van der Waals surface area contributed by atoms with E-state index in [-0.39, 0.29) is 25.3 Å². The number of aliphatic hydroxyl groups is 1. The van der Waals surface area contributed by atoms with Gasteiger partial charge in [0.2, 0.25) is 0 Å². The maximum atomic E-state index is 11.4. The summed E-state index contributed by atoms with van der Waals surface area (Å²) in [5, 5.41) is 20.6. The van der Waals surface area contributed by atoms with Crippen LogP contribution in [0.5, 0.6) is 5.75 Å². The fourth-order valence-electron chi connectivity index (χ4n) is 1.25. The van der Waals surface area contributed by atoms with Gasteiger partial charge in [-0.3, -0.25) is 4.79 Å². The van der Waals surface area contributed by atoms with Gasteiger partial charge in [0.25, 0.3) is 5.91 Å². The van der Waals surface area contributed by atoms with Gasteiger partial charge in [-0.15, -0.1) is 0 Å². The summed E-state index contributed by atoms with van der Waals surface area (Å²) in [6, 6.07) is 4.61. The van der Waals surface area contributed by atoms with E-state index in [0.717, 1.165) is 0 Å². The van der Waals surface area contributed by atoms with Crippen molar-refractivity contribution < 1.29 is 24.5 Å². The predicted molar refractivity (Wildman–Crippen MR) is 73.2 cm³/mol. The van der Waals surface area contributed by atoms with Crippen LogP contribution >= 0.6 is 23.2 Å². The zero-order valence-electron chi connectivity index (χ0n) is 10.3. The normalized spacial score (nSPS) is 11.8. The summed E-state index contributed by atoms with van der Waals surface area (Å²) in [7, 11) is 0. The van der Waals surface area contributed by atoms with Gasteiger partial charge in [-0.05, 0) is 12.1 Å². The number of amides is 1. The second-order valence-electron chi connectivity index (χ2n) is 3.86. The van der Waals surface area contributed by atoms with Crippen molar-refractivity contribution in [1.29, 1.82) is 0 Å². The molecule has 0 heterocycles. The van der Waals surface area contributed by atoms with E-state index in [1.54, 1.807) is 12.1 Å². The smallest absolute Gasteiger partial charge is 0.332 e. The molecule has 0 radical (unpaired) electrons. The Labute approximate surface area is 125 Å². The fourth-order valence-corrected chi connectivity index (χ4v) is 1.59. The number of aliphatic carboxylic acids is 1. The number of carbonyl (C=O) groups excluding carboxylic acids is 1. The number of carboxylic acids is 1. The third kappa shape index (κ3) is 5.64. The Morgan fingerprint density at radius 2 is 2.05 bits per heavy atom. The SMILES string of the molecule is O=C(COc1cc(Cl)ccc1Cl)NCCC(O)C(=O)O. The zero-order valence-corrected chi connectivity index (χ0v) is 11.8. The highest BCUT2D eigenvalue weighted by Gasteiger charge is 2.13. The van der Waals surface area contributed by atoms with Gasteiger partial charge < -0.3 is 20.3 Å². The average molecular weight is 322 g/mol. The lowest BCUT2D eigenvalue weighted by Crippen LogP contribution is -2.33. The Morgan fingerprint density at radius 1 is 1.35 bits per heavy atom. The Bertz CT molecular complexity index is 495. The number of ether oxygens (including phenoxy) is 1. The number of hydrogen-bond donors (Lipinski definition) is 3. The van der Waals surface area contributed by atoms with Gasteiger partial charge in [0.05, 0.1) is 5.02 Å². The van der Waals surface area contributed by atoms with Crippen molar-refractivity contribution in [3.8, 4) is 5.75 Å². The molecule has 0 aliphatic heterocycles. The minimum absolute atomic E-state index is 0.0267. The number of hydrogen-bond acceptors (Lipinski definition) is 4. The average Bonchev–Trinajstić information content (AvgIpc) is 2.39. The molecule has 3 N–H and O–H groups in total. The molecule has 1 rings (SSSR count). The van der Waals surface area contributed by atoms with Crippen molar-refractivity contribution in [3.05, 3.63) is 28.2 Å². The largest absolute Gasteiger partial charge is 0.482 e. The standard InChI is InChI=1S/C12H13Cl2NO5/c13-7-1-2-8(14)10(5-7)20-6-11(17)15-4-3-9(16)12(18)19/h1-2,5,9,16H,3-4,6H2,(H,15,17)(H,18,19). The molecule has 0 bridgehead atoms. The predicted octanol–water partition coefficient (Wildman–Crippen LogP) is 1.32. The first-order chi connectivity index (χ1) is 9.40. The first-order valence-electron chi connectivity index (χ1n) is 5.65.